The van der Waals surface area contributed by atoms with E-state index in [1.165, 1.54) is 4.90 Å². The van der Waals surface area contributed by atoms with Crippen molar-refractivity contribution in [2.24, 2.45) is 0 Å². The van der Waals surface area contributed by atoms with Crippen molar-refractivity contribution in [2.75, 3.05) is 4.90 Å². The van der Waals surface area contributed by atoms with Crippen LogP contribution < -0.4 is 4.90 Å². The third-order valence-corrected chi connectivity index (χ3v) is 9.76. The first kappa shape index (κ1) is 30.5. The highest BCUT2D eigenvalue weighted by Gasteiger charge is 2.40. The minimum Gasteiger partial charge on any atom is -0.308 e. The number of aromatic nitrogens is 1. The van der Waals surface area contributed by atoms with E-state index in [1.807, 2.05) is 115 Å². The molecule has 0 fully saturated rings. The number of hydrogen-bond donors (Lipinski definition) is 0. The van der Waals surface area contributed by atoms with Crippen LogP contribution in [0.5, 0.6) is 0 Å². The summed E-state index contributed by atoms with van der Waals surface area (Å²) < 4.78 is 2.07. The SMILES string of the molecule is [C-]#[N+]c1cccc(-c2ccc3c4ccc(-c5cccc(C#N)c5)cc4n(-c4cccc5c4C(=O)N(c4ccccc4-c4ccccc4)C5=O)c3c2)c1. The Morgan fingerprint density at radius 2 is 1.10 bits per heavy atom. The average Bonchev–Trinajstić information content (AvgIpc) is 3.67. The maximum absolute atomic E-state index is 14.7. The van der Waals surface area contributed by atoms with Crippen LogP contribution in [-0.4, -0.2) is 16.4 Å². The Bertz CT molecular complexity index is 2760. The Balaban J connectivity index is 1.30. The summed E-state index contributed by atoms with van der Waals surface area (Å²) in [6.45, 7) is 7.56. The molecule has 0 aliphatic carbocycles. The number of nitrogens with zero attached hydrogens (tertiary/aromatic N) is 4. The van der Waals surface area contributed by atoms with Gasteiger partial charge in [-0.15, -0.1) is 0 Å². The lowest BCUT2D eigenvalue weighted by atomic mass is 10.0. The molecule has 0 bridgehead atoms. The van der Waals surface area contributed by atoms with Gasteiger partial charge in [-0.2, -0.15) is 5.26 Å². The highest BCUT2D eigenvalue weighted by molar-refractivity contribution is 6.36. The Labute approximate surface area is 299 Å². The van der Waals surface area contributed by atoms with E-state index in [0.29, 0.717) is 33.8 Å². The molecule has 0 saturated carbocycles. The van der Waals surface area contributed by atoms with Crippen LogP contribution >= 0.6 is 0 Å². The second kappa shape index (κ2) is 12.1. The van der Waals surface area contributed by atoms with Crippen LogP contribution in [0.15, 0.2) is 158 Å². The molecule has 0 unspecified atom stereocenters. The highest BCUT2D eigenvalue weighted by atomic mass is 16.2. The van der Waals surface area contributed by atoms with E-state index in [9.17, 15) is 14.9 Å². The Kier molecular flexibility index (Phi) is 7.10. The zero-order valence-corrected chi connectivity index (χ0v) is 27.6. The second-order valence-corrected chi connectivity index (χ2v) is 12.7. The molecule has 6 nitrogen and oxygen atoms in total. The number of imide groups is 1. The molecule has 2 amide bonds. The van der Waals surface area contributed by atoms with Gasteiger partial charge in [0.2, 0.25) is 0 Å². The maximum atomic E-state index is 14.7. The summed E-state index contributed by atoms with van der Waals surface area (Å²) in [7, 11) is 0. The number of para-hydroxylation sites is 1. The molecule has 9 rings (SSSR count). The number of carbonyl (C=O) groups is 2. The number of amides is 2. The van der Waals surface area contributed by atoms with E-state index in [2.05, 4.69) is 39.7 Å². The summed E-state index contributed by atoms with van der Waals surface area (Å²) in [5.74, 6) is -0.774. The zero-order valence-electron chi connectivity index (χ0n) is 27.6. The smallest absolute Gasteiger partial charge is 0.268 e. The van der Waals surface area contributed by atoms with E-state index in [4.69, 9.17) is 6.57 Å². The van der Waals surface area contributed by atoms with E-state index in [0.717, 1.165) is 55.2 Å². The van der Waals surface area contributed by atoms with Gasteiger partial charge in [-0.3, -0.25) is 9.59 Å². The first-order valence-electron chi connectivity index (χ1n) is 16.8. The summed E-state index contributed by atoms with van der Waals surface area (Å²) in [5.41, 5.74) is 9.87. The molecular weight excluding hydrogens is 641 g/mol. The van der Waals surface area contributed by atoms with Crippen LogP contribution in [0, 0.1) is 17.9 Å². The maximum Gasteiger partial charge on any atom is 0.268 e. The predicted molar refractivity (Wildman–Crippen MR) is 206 cm³/mol. The van der Waals surface area contributed by atoms with Crippen LogP contribution in [0.1, 0.15) is 26.3 Å². The van der Waals surface area contributed by atoms with E-state index in [-0.39, 0.29) is 5.91 Å². The third kappa shape index (κ3) is 4.79. The molecule has 1 aliphatic heterocycles. The summed E-state index contributed by atoms with van der Waals surface area (Å²) >= 11 is 0. The van der Waals surface area contributed by atoms with Crippen molar-refractivity contribution >= 4 is 45.0 Å². The van der Waals surface area contributed by atoms with Crippen LogP contribution in [0.2, 0.25) is 0 Å². The summed E-state index contributed by atoms with van der Waals surface area (Å²) in [6.07, 6.45) is 0. The van der Waals surface area contributed by atoms with Gasteiger partial charge in [0.05, 0.1) is 51.7 Å². The Morgan fingerprint density at radius 3 is 1.81 bits per heavy atom. The number of anilines is 1. The molecule has 8 aromatic rings. The molecule has 7 aromatic carbocycles. The molecule has 0 atom stereocenters. The molecule has 0 N–H and O–H groups in total. The fraction of sp³-hybridized carbons (Fsp3) is 0. The first-order valence-corrected chi connectivity index (χ1v) is 16.8. The third-order valence-electron chi connectivity index (χ3n) is 9.76. The molecule has 6 heteroatoms. The largest absolute Gasteiger partial charge is 0.308 e. The number of rotatable bonds is 5. The van der Waals surface area contributed by atoms with E-state index >= 15 is 0 Å². The number of benzene rings is 7. The molecule has 0 saturated heterocycles. The van der Waals surface area contributed by atoms with Gasteiger partial charge in [-0.25, -0.2) is 9.74 Å². The number of fused-ring (bicyclic) bond motifs is 4. The van der Waals surface area contributed by atoms with Gasteiger partial charge >= 0.3 is 0 Å². The number of hydrogen-bond acceptors (Lipinski definition) is 3. The van der Waals surface area contributed by atoms with Crippen molar-refractivity contribution in [3.8, 4) is 45.1 Å². The summed E-state index contributed by atoms with van der Waals surface area (Å²) in [4.78, 5) is 33.9. The van der Waals surface area contributed by atoms with Crippen molar-refractivity contribution in [1.82, 2.24) is 4.57 Å². The van der Waals surface area contributed by atoms with Crippen LogP contribution in [-0.2, 0) is 0 Å². The lowest BCUT2D eigenvalue weighted by Gasteiger charge is -2.19. The van der Waals surface area contributed by atoms with E-state index < -0.39 is 5.91 Å². The van der Waals surface area contributed by atoms with Crippen LogP contribution in [0.4, 0.5) is 11.4 Å². The molecule has 0 radical (unpaired) electrons. The van der Waals surface area contributed by atoms with Crippen LogP contribution in [0.25, 0.3) is 65.7 Å². The standard InChI is InChI=1S/C46H26N4O2/c1-48-35-15-8-14-32(25-35)34-21-23-38-37-22-20-33(31-13-7-10-29(24-31)28-47)26-42(37)49(43(38)27-34)41-19-9-17-39-44(41)46(52)50(45(39)51)40-18-6-5-16-36(40)30-11-3-2-4-12-30/h2-27H. The van der Waals surface area contributed by atoms with Gasteiger partial charge in [0.15, 0.2) is 5.69 Å². The average molecular weight is 667 g/mol. The monoisotopic (exact) mass is 666 g/mol. The van der Waals surface area contributed by atoms with Crippen molar-refractivity contribution in [2.45, 2.75) is 0 Å². The highest BCUT2D eigenvalue weighted by Crippen LogP contribution is 2.42. The van der Waals surface area contributed by atoms with E-state index in [1.54, 1.807) is 18.2 Å². The van der Waals surface area contributed by atoms with Crippen LogP contribution in [0.3, 0.4) is 0 Å². The molecule has 242 valence electrons. The van der Waals surface area contributed by atoms with Crippen molar-refractivity contribution < 1.29 is 9.59 Å². The quantitative estimate of drug-likeness (QED) is 0.136. The minimum absolute atomic E-state index is 0.325. The van der Waals surface area contributed by atoms with Gasteiger partial charge in [0.25, 0.3) is 11.8 Å². The topological polar surface area (TPSA) is 70.5 Å². The summed E-state index contributed by atoms with van der Waals surface area (Å²) in [5, 5.41) is 11.5. The second-order valence-electron chi connectivity index (χ2n) is 12.7. The molecule has 52 heavy (non-hydrogen) atoms. The molecule has 0 spiro atoms. The fourth-order valence-corrected chi connectivity index (χ4v) is 7.36. The van der Waals surface area contributed by atoms with Gasteiger partial charge in [-0.1, -0.05) is 109 Å². The molecule has 1 aliphatic rings. The Hall–Kier alpha value is -7.54. The van der Waals surface area contributed by atoms with Gasteiger partial charge < -0.3 is 4.57 Å². The van der Waals surface area contributed by atoms with Crippen molar-refractivity contribution in [3.63, 3.8) is 0 Å². The summed E-state index contributed by atoms with van der Waals surface area (Å²) in [6, 6.07) is 52.3. The minimum atomic E-state index is -0.396. The molecular formula is C46H26N4O2. The number of carbonyl (C=O) groups excluding carboxylic acids is 2. The first-order chi connectivity index (χ1) is 25.5. The van der Waals surface area contributed by atoms with Gasteiger partial charge in [0, 0.05) is 16.3 Å². The Morgan fingerprint density at radius 1 is 0.519 bits per heavy atom. The van der Waals surface area contributed by atoms with Crippen molar-refractivity contribution in [3.05, 3.63) is 186 Å². The lowest BCUT2D eigenvalue weighted by Crippen LogP contribution is -2.30. The lowest BCUT2D eigenvalue weighted by molar-refractivity contribution is 0.0926. The predicted octanol–water partition coefficient (Wildman–Crippen LogP) is 11.0. The van der Waals surface area contributed by atoms with Crippen molar-refractivity contribution in [1.29, 1.82) is 5.26 Å². The van der Waals surface area contributed by atoms with Gasteiger partial charge in [-0.05, 0) is 76.3 Å². The zero-order chi connectivity index (χ0) is 35.3. The number of nitriles is 1. The molecule has 2 heterocycles. The normalized spacial score (nSPS) is 12.2. The fourth-order valence-electron chi connectivity index (χ4n) is 7.36. The molecule has 1 aromatic heterocycles. The van der Waals surface area contributed by atoms with Gasteiger partial charge in [0.1, 0.15) is 0 Å².